The Morgan fingerprint density at radius 3 is 2.51 bits per heavy atom. The lowest BCUT2D eigenvalue weighted by molar-refractivity contribution is -0.0141. The molecule has 1 amide bonds. The highest BCUT2D eigenvalue weighted by Gasteiger charge is 2.41. The number of aromatic nitrogens is 6. The number of carbonyl (C=O) groups excluding carboxylic acids is 1. The molecule has 4 atom stereocenters. The molecule has 14 nitrogen and oxygen atoms in total. The quantitative estimate of drug-likeness (QED) is 0.236. The van der Waals surface area contributed by atoms with Crippen LogP contribution in [0, 0.1) is 5.95 Å². The first kappa shape index (κ1) is 34.8. The summed E-state index contributed by atoms with van der Waals surface area (Å²) < 4.78 is 60.9. The van der Waals surface area contributed by atoms with Gasteiger partial charge in [-0.25, -0.2) is 27.0 Å². The highest BCUT2D eigenvalue weighted by molar-refractivity contribution is 9.10. The minimum absolute atomic E-state index is 0.00569. The van der Waals surface area contributed by atoms with E-state index >= 15 is 4.39 Å². The first-order valence-electron chi connectivity index (χ1n) is 15.6. The van der Waals surface area contributed by atoms with Gasteiger partial charge in [0, 0.05) is 26.3 Å². The maximum absolute atomic E-state index is 15.4. The summed E-state index contributed by atoms with van der Waals surface area (Å²) in [4.78, 5) is 31.4. The van der Waals surface area contributed by atoms with E-state index in [4.69, 9.17) is 9.47 Å². The molecular formula is C32H37BrFN7O7S. The number of nitrogens with zero attached hydrogens (tertiary/aromatic N) is 6. The van der Waals surface area contributed by atoms with Crippen LogP contribution in [0.25, 0.3) is 33.3 Å². The van der Waals surface area contributed by atoms with Gasteiger partial charge in [-0.1, -0.05) is 18.2 Å². The van der Waals surface area contributed by atoms with Crippen molar-refractivity contribution in [3.05, 3.63) is 63.6 Å². The largest absolute Gasteiger partial charge is 0.444 e. The van der Waals surface area contributed by atoms with Crippen LogP contribution in [-0.4, -0.2) is 77.9 Å². The molecule has 0 radical (unpaired) electrons. The summed E-state index contributed by atoms with van der Waals surface area (Å²) in [7, 11) is -1.28. The summed E-state index contributed by atoms with van der Waals surface area (Å²) in [6.07, 6.45) is 1.26. The SMILES string of the molecule is CC(O)CO[C@H]1C[C@@H](n2c(=O)n(C)c3cnc4c(c(Br)c(-c5cn(C)nc5F)n4S(=O)(=O)c4ccccc4)c32)C[C@@H]1NC(=O)OC(C)(C)C. The molecule has 1 fully saturated rings. The van der Waals surface area contributed by atoms with Crippen LogP contribution >= 0.6 is 15.9 Å². The number of aliphatic hydroxyl groups is 1. The fourth-order valence-corrected chi connectivity index (χ4v) is 8.74. The number of aliphatic hydroxyl groups excluding tert-OH is 1. The number of nitrogens with one attached hydrogen (secondary N) is 1. The Morgan fingerprint density at radius 1 is 1.20 bits per heavy atom. The highest BCUT2D eigenvalue weighted by Crippen LogP contribution is 2.44. The number of aryl methyl sites for hydroxylation is 2. The minimum atomic E-state index is -4.38. The number of fused-ring (bicyclic) bond motifs is 3. The first-order chi connectivity index (χ1) is 23.0. The number of rotatable bonds is 8. The zero-order valence-electron chi connectivity index (χ0n) is 27.7. The molecule has 1 aliphatic carbocycles. The maximum atomic E-state index is 15.4. The molecule has 2 N–H and O–H groups in total. The molecule has 49 heavy (non-hydrogen) atoms. The zero-order valence-corrected chi connectivity index (χ0v) is 30.1. The standard InChI is InChI=1S/C32H37BrFN7O7S/c1-17(42)16-47-23-13-18(12-21(23)36-30(43)48-32(2,3)4)40-27-22(39(6)31(40)44)14-35-29-24(27)25(33)26(20-15-38(5)37-28(20)34)41(29)49(45,46)19-10-8-7-9-11-19/h7-11,14-15,17-18,21,23,42H,12-13,16H2,1-6H3,(H,36,43)/t17?,18-,21-,23-/m0/s1. The molecule has 0 bridgehead atoms. The Kier molecular flexibility index (Phi) is 9.00. The van der Waals surface area contributed by atoms with Crippen molar-refractivity contribution in [2.75, 3.05) is 6.61 Å². The topological polar surface area (TPSA) is 164 Å². The average Bonchev–Trinajstić information content (AvgIpc) is 3.72. The second-order valence-electron chi connectivity index (χ2n) is 13.3. The maximum Gasteiger partial charge on any atom is 0.407 e. The van der Waals surface area contributed by atoms with Crippen molar-refractivity contribution in [3.63, 3.8) is 0 Å². The first-order valence-corrected chi connectivity index (χ1v) is 17.8. The molecule has 17 heteroatoms. The van der Waals surface area contributed by atoms with E-state index in [1.165, 1.54) is 40.8 Å². The molecule has 0 aliphatic heterocycles. The van der Waals surface area contributed by atoms with Crippen LogP contribution in [0.1, 0.15) is 46.6 Å². The summed E-state index contributed by atoms with van der Waals surface area (Å²) in [5.41, 5.74) is -0.607. The third-order valence-corrected chi connectivity index (χ3v) is 10.8. The number of halogens is 2. The van der Waals surface area contributed by atoms with Gasteiger partial charge in [-0.15, -0.1) is 5.10 Å². The van der Waals surface area contributed by atoms with E-state index in [0.29, 0.717) is 11.0 Å². The normalized spacial score (nSPS) is 19.2. The van der Waals surface area contributed by atoms with E-state index in [-0.39, 0.29) is 51.1 Å². The minimum Gasteiger partial charge on any atom is -0.444 e. The number of pyridine rings is 1. The van der Waals surface area contributed by atoms with Crippen molar-refractivity contribution in [2.45, 2.75) is 75.3 Å². The number of alkyl carbamates (subject to hydrolysis) is 1. The molecule has 4 aromatic heterocycles. The van der Waals surface area contributed by atoms with E-state index in [1.54, 1.807) is 57.5 Å². The molecular weight excluding hydrogens is 725 g/mol. The summed E-state index contributed by atoms with van der Waals surface area (Å²) in [6, 6.07) is 6.55. The van der Waals surface area contributed by atoms with Crippen LogP contribution in [0.15, 0.2) is 56.9 Å². The second-order valence-corrected chi connectivity index (χ2v) is 15.8. The fraction of sp³-hybridized carbons (Fsp3) is 0.438. The molecule has 262 valence electrons. The molecule has 1 aromatic carbocycles. The van der Waals surface area contributed by atoms with Crippen LogP contribution in [-0.2, 0) is 33.6 Å². The fourth-order valence-electron chi connectivity index (χ4n) is 6.36. The summed E-state index contributed by atoms with van der Waals surface area (Å²) >= 11 is 3.59. The van der Waals surface area contributed by atoms with Crippen LogP contribution in [0.5, 0.6) is 0 Å². The molecule has 1 aliphatic rings. The van der Waals surface area contributed by atoms with Gasteiger partial charge in [-0.3, -0.25) is 13.8 Å². The van der Waals surface area contributed by atoms with Crippen molar-refractivity contribution in [3.8, 4) is 11.3 Å². The number of amides is 1. The van der Waals surface area contributed by atoms with Gasteiger partial charge < -0.3 is 19.9 Å². The van der Waals surface area contributed by atoms with Gasteiger partial charge in [0.25, 0.3) is 10.0 Å². The Bertz CT molecular complexity index is 2240. The van der Waals surface area contributed by atoms with Crippen LogP contribution in [0.3, 0.4) is 0 Å². The van der Waals surface area contributed by atoms with E-state index < -0.39 is 57.6 Å². The van der Waals surface area contributed by atoms with Gasteiger partial charge >= 0.3 is 11.8 Å². The third-order valence-electron chi connectivity index (χ3n) is 8.35. The Balaban J connectivity index is 1.59. The number of ether oxygens (including phenoxy) is 2. The second kappa shape index (κ2) is 12.7. The van der Waals surface area contributed by atoms with Gasteiger partial charge in [0.05, 0.1) is 68.1 Å². The predicted octanol–water partition coefficient (Wildman–Crippen LogP) is 4.22. The van der Waals surface area contributed by atoms with E-state index in [9.17, 15) is 23.1 Å². The summed E-state index contributed by atoms with van der Waals surface area (Å²) in [5.74, 6) is -0.901. The number of hydrogen-bond acceptors (Lipinski definition) is 9. The number of benzene rings is 1. The molecule has 0 saturated heterocycles. The van der Waals surface area contributed by atoms with Gasteiger partial charge in [-0.2, -0.15) is 4.39 Å². The van der Waals surface area contributed by atoms with Crippen LogP contribution in [0.2, 0.25) is 0 Å². The average molecular weight is 763 g/mol. The number of imidazole rings is 1. The smallest absolute Gasteiger partial charge is 0.407 e. The lowest BCUT2D eigenvalue weighted by Crippen LogP contribution is -2.44. The van der Waals surface area contributed by atoms with Crippen LogP contribution in [0.4, 0.5) is 9.18 Å². The van der Waals surface area contributed by atoms with E-state index in [1.807, 2.05) is 0 Å². The molecule has 1 unspecified atom stereocenters. The lowest BCUT2D eigenvalue weighted by atomic mass is 10.2. The van der Waals surface area contributed by atoms with Gasteiger partial charge in [0.15, 0.2) is 5.65 Å². The van der Waals surface area contributed by atoms with Crippen molar-refractivity contribution < 1.29 is 32.2 Å². The van der Waals surface area contributed by atoms with Crippen LogP contribution < -0.4 is 11.0 Å². The van der Waals surface area contributed by atoms with Crippen molar-refractivity contribution in [1.82, 2.24) is 33.2 Å². The highest BCUT2D eigenvalue weighted by atomic mass is 79.9. The van der Waals surface area contributed by atoms with Crippen molar-refractivity contribution >= 4 is 54.1 Å². The lowest BCUT2D eigenvalue weighted by Gasteiger charge is -2.25. The molecule has 5 aromatic rings. The summed E-state index contributed by atoms with van der Waals surface area (Å²) in [5, 5.41) is 16.9. The third kappa shape index (κ3) is 6.28. The number of carbonyl (C=O) groups is 1. The Morgan fingerprint density at radius 2 is 1.90 bits per heavy atom. The Labute approximate surface area is 289 Å². The van der Waals surface area contributed by atoms with Gasteiger partial charge in [0.1, 0.15) is 5.60 Å². The number of hydrogen-bond donors (Lipinski definition) is 2. The zero-order chi connectivity index (χ0) is 35.6. The molecule has 1 saturated carbocycles. The monoisotopic (exact) mass is 761 g/mol. The predicted molar refractivity (Wildman–Crippen MR) is 182 cm³/mol. The van der Waals surface area contributed by atoms with E-state index in [2.05, 4.69) is 31.3 Å². The Hall–Kier alpha value is -4.06. The van der Waals surface area contributed by atoms with E-state index in [0.717, 1.165) is 3.97 Å². The molecule has 6 rings (SSSR count). The molecule has 0 spiro atoms. The molecule has 4 heterocycles. The van der Waals surface area contributed by atoms with Crippen molar-refractivity contribution in [2.24, 2.45) is 14.1 Å². The van der Waals surface area contributed by atoms with Gasteiger partial charge in [0.2, 0.25) is 5.95 Å². The van der Waals surface area contributed by atoms with Gasteiger partial charge in [-0.05, 0) is 68.6 Å². The van der Waals surface area contributed by atoms with Crippen molar-refractivity contribution in [1.29, 1.82) is 0 Å². The summed E-state index contributed by atoms with van der Waals surface area (Å²) in [6.45, 7) is 6.81.